The highest BCUT2D eigenvalue weighted by molar-refractivity contribution is 6.04. The monoisotopic (exact) mass is 284 g/mol. The molecular formula is C16H32N2O2. The number of carbonyl (C=O) groups is 2. The van der Waals surface area contributed by atoms with Gasteiger partial charge in [0.15, 0.2) is 0 Å². The van der Waals surface area contributed by atoms with E-state index >= 15 is 0 Å². The lowest BCUT2D eigenvalue weighted by molar-refractivity contribution is -0.148. The fourth-order valence-electron chi connectivity index (χ4n) is 2.15. The van der Waals surface area contributed by atoms with Crippen molar-refractivity contribution in [3.63, 3.8) is 0 Å². The molecule has 0 rings (SSSR count). The highest BCUT2D eigenvalue weighted by Crippen LogP contribution is 2.20. The van der Waals surface area contributed by atoms with Crippen molar-refractivity contribution in [3.8, 4) is 0 Å². The van der Waals surface area contributed by atoms with Crippen LogP contribution in [0.4, 0.5) is 0 Å². The molecule has 0 aromatic rings. The summed E-state index contributed by atoms with van der Waals surface area (Å²) in [6.45, 7) is 11.8. The average Bonchev–Trinajstić information content (AvgIpc) is 2.42. The van der Waals surface area contributed by atoms with Gasteiger partial charge in [0, 0.05) is 19.6 Å². The number of hydrogen-bond acceptors (Lipinski definition) is 2. The number of unbranched alkanes of at least 4 members (excludes halogenated alkanes) is 2. The molecule has 0 aliphatic rings. The summed E-state index contributed by atoms with van der Waals surface area (Å²) in [6, 6.07) is 0. The van der Waals surface area contributed by atoms with Gasteiger partial charge in [0.1, 0.15) is 5.41 Å². The van der Waals surface area contributed by atoms with Crippen LogP contribution in [0.2, 0.25) is 0 Å². The van der Waals surface area contributed by atoms with Gasteiger partial charge in [0.25, 0.3) is 0 Å². The van der Waals surface area contributed by atoms with Gasteiger partial charge < -0.3 is 10.2 Å². The van der Waals surface area contributed by atoms with Gasteiger partial charge in [-0.15, -0.1) is 0 Å². The minimum absolute atomic E-state index is 0.0609. The van der Waals surface area contributed by atoms with Crippen LogP contribution in [-0.4, -0.2) is 36.3 Å². The van der Waals surface area contributed by atoms with Crippen molar-refractivity contribution in [2.45, 2.75) is 66.7 Å². The molecule has 4 nitrogen and oxygen atoms in total. The lowest BCUT2D eigenvalue weighted by Gasteiger charge is -2.30. The zero-order valence-corrected chi connectivity index (χ0v) is 13.9. The SMILES string of the molecule is CCCCCNC(=O)C(C)(C)C(=O)N(CCC)CCC. The summed E-state index contributed by atoms with van der Waals surface area (Å²) < 4.78 is 0. The minimum Gasteiger partial charge on any atom is -0.355 e. The lowest BCUT2D eigenvalue weighted by Crippen LogP contribution is -2.50. The quantitative estimate of drug-likeness (QED) is 0.495. The Kier molecular flexibility index (Phi) is 9.26. The van der Waals surface area contributed by atoms with Crippen molar-refractivity contribution in [1.29, 1.82) is 0 Å². The molecule has 0 aliphatic carbocycles. The number of amides is 2. The van der Waals surface area contributed by atoms with Crippen LogP contribution in [0, 0.1) is 5.41 Å². The van der Waals surface area contributed by atoms with E-state index in [-0.39, 0.29) is 11.8 Å². The van der Waals surface area contributed by atoms with E-state index in [0.29, 0.717) is 6.54 Å². The molecular weight excluding hydrogens is 252 g/mol. The van der Waals surface area contributed by atoms with E-state index in [4.69, 9.17) is 0 Å². The van der Waals surface area contributed by atoms with Crippen LogP contribution in [0.1, 0.15) is 66.7 Å². The van der Waals surface area contributed by atoms with Gasteiger partial charge in [-0.3, -0.25) is 9.59 Å². The van der Waals surface area contributed by atoms with Crippen molar-refractivity contribution in [1.82, 2.24) is 10.2 Å². The maximum Gasteiger partial charge on any atom is 0.237 e. The second-order valence-electron chi connectivity index (χ2n) is 5.88. The van der Waals surface area contributed by atoms with Crippen LogP contribution < -0.4 is 5.32 Å². The number of carbonyl (C=O) groups excluding carboxylic acids is 2. The van der Waals surface area contributed by atoms with E-state index in [0.717, 1.165) is 45.2 Å². The maximum absolute atomic E-state index is 12.5. The third-order valence-electron chi connectivity index (χ3n) is 3.44. The van der Waals surface area contributed by atoms with Gasteiger partial charge in [-0.2, -0.15) is 0 Å². The van der Waals surface area contributed by atoms with E-state index in [1.807, 2.05) is 18.7 Å². The molecule has 0 radical (unpaired) electrons. The van der Waals surface area contributed by atoms with Crippen molar-refractivity contribution in [2.24, 2.45) is 5.41 Å². The van der Waals surface area contributed by atoms with Gasteiger partial charge in [0.05, 0.1) is 0 Å². The molecule has 118 valence electrons. The predicted molar refractivity (Wildman–Crippen MR) is 83.5 cm³/mol. The minimum atomic E-state index is -0.976. The largest absolute Gasteiger partial charge is 0.355 e. The molecule has 0 bridgehead atoms. The van der Waals surface area contributed by atoms with Crippen LogP contribution in [0.3, 0.4) is 0 Å². The first kappa shape index (κ1) is 18.9. The fraction of sp³-hybridized carbons (Fsp3) is 0.875. The molecule has 1 N–H and O–H groups in total. The maximum atomic E-state index is 12.5. The van der Waals surface area contributed by atoms with Crippen molar-refractivity contribution >= 4 is 11.8 Å². The number of nitrogens with one attached hydrogen (secondary N) is 1. The second kappa shape index (κ2) is 9.78. The van der Waals surface area contributed by atoms with Crippen LogP contribution in [0.5, 0.6) is 0 Å². The molecule has 0 heterocycles. The van der Waals surface area contributed by atoms with Crippen molar-refractivity contribution in [3.05, 3.63) is 0 Å². The summed E-state index contributed by atoms with van der Waals surface area (Å²) in [4.78, 5) is 26.6. The van der Waals surface area contributed by atoms with Gasteiger partial charge in [-0.05, 0) is 33.1 Å². The highest BCUT2D eigenvalue weighted by atomic mass is 16.2. The Morgan fingerprint density at radius 1 is 0.950 bits per heavy atom. The topological polar surface area (TPSA) is 49.4 Å². The molecule has 0 aromatic carbocycles. The fourth-order valence-corrected chi connectivity index (χ4v) is 2.15. The molecule has 0 fully saturated rings. The summed E-state index contributed by atoms with van der Waals surface area (Å²) in [5.41, 5.74) is -0.976. The Hall–Kier alpha value is -1.06. The van der Waals surface area contributed by atoms with Crippen LogP contribution in [0.25, 0.3) is 0 Å². The summed E-state index contributed by atoms with van der Waals surface area (Å²) in [5, 5.41) is 2.89. The first-order valence-corrected chi connectivity index (χ1v) is 7.99. The zero-order valence-electron chi connectivity index (χ0n) is 13.9. The number of hydrogen-bond donors (Lipinski definition) is 1. The Morgan fingerprint density at radius 2 is 1.50 bits per heavy atom. The van der Waals surface area contributed by atoms with Crippen LogP contribution in [-0.2, 0) is 9.59 Å². The van der Waals surface area contributed by atoms with E-state index in [9.17, 15) is 9.59 Å². The summed E-state index contributed by atoms with van der Waals surface area (Å²) >= 11 is 0. The Balaban J connectivity index is 4.56. The molecule has 0 saturated carbocycles. The molecule has 0 atom stereocenters. The molecule has 0 spiro atoms. The summed E-state index contributed by atoms with van der Waals surface area (Å²) in [7, 11) is 0. The third-order valence-corrected chi connectivity index (χ3v) is 3.44. The predicted octanol–water partition coefficient (Wildman–Crippen LogP) is 2.97. The Morgan fingerprint density at radius 3 is 1.95 bits per heavy atom. The lowest BCUT2D eigenvalue weighted by atomic mass is 9.90. The molecule has 20 heavy (non-hydrogen) atoms. The van der Waals surface area contributed by atoms with Gasteiger partial charge in [0.2, 0.25) is 11.8 Å². The normalized spacial score (nSPS) is 11.2. The van der Waals surface area contributed by atoms with Gasteiger partial charge >= 0.3 is 0 Å². The standard InChI is InChI=1S/C16H32N2O2/c1-6-9-10-11-17-14(19)16(4,5)15(20)18(12-7-2)13-8-3/h6-13H2,1-5H3,(H,17,19). The molecule has 0 saturated heterocycles. The van der Waals surface area contributed by atoms with E-state index in [1.165, 1.54) is 0 Å². The summed E-state index contributed by atoms with van der Waals surface area (Å²) in [6.07, 6.45) is 5.03. The van der Waals surface area contributed by atoms with E-state index in [1.54, 1.807) is 13.8 Å². The number of rotatable bonds is 10. The Labute approximate surface area is 124 Å². The highest BCUT2D eigenvalue weighted by Gasteiger charge is 2.38. The second-order valence-corrected chi connectivity index (χ2v) is 5.88. The van der Waals surface area contributed by atoms with Gasteiger partial charge in [-0.1, -0.05) is 33.6 Å². The average molecular weight is 284 g/mol. The van der Waals surface area contributed by atoms with Crippen molar-refractivity contribution < 1.29 is 9.59 Å². The third kappa shape index (κ3) is 5.93. The molecule has 4 heteroatoms. The van der Waals surface area contributed by atoms with Crippen LogP contribution in [0.15, 0.2) is 0 Å². The zero-order chi connectivity index (χ0) is 15.6. The Bertz CT molecular complexity index is 295. The van der Waals surface area contributed by atoms with E-state index in [2.05, 4.69) is 12.2 Å². The van der Waals surface area contributed by atoms with Crippen LogP contribution >= 0.6 is 0 Å². The smallest absolute Gasteiger partial charge is 0.237 e. The molecule has 0 unspecified atom stereocenters. The first-order valence-electron chi connectivity index (χ1n) is 7.99. The van der Waals surface area contributed by atoms with E-state index < -0.39 is 5.41 Å². The molecule has 2 amide bonds. The number of nitrogens with zero attached hydrogens (tertiary/aromatic N) is 1. The first-order chi connectivity index (χ1) is 9.41. The van der Waals surface area contributed by atoms with Crippen molar-refractivity contribution in [2.75, 3.05) is 19.6 Å². The molecule has 0 aromatic heterocycles. The van der Waals surface area contributed by atoms with Gasteiger partial charge in [-0.25, -0.2) is 0 Å². The molecule has 0 aliphatic heterocycles. The summed E-state index contributed by atoms with van der Waals surface area (Å²) in [5.74, 6) is -0.218.